The number of hydrogen-bond donors (Lipinski definition) is 0. The number of benzene rings is 2. The zero-order chi connectivity index (χ0) is 19.6. The first-order chi connectivity index (χ1) is 13.6. The van der Waals surface area contributed by atoms with E-state index in [1.165, 1.54) is 38.3 Å². The quantitative estimate of drug-likeness (QED) is 0.271. The second-order valence-corrected chi connectivity index (χ2v) is 20.6. The zero-order valence-electron chi connectivity index (χ0n) is 17.2. The van der Waals surface area contributed by atoms with E-state index < -0.39 is 4.90 Å². The summed E-state index contributed by atoms with van der Waals surface area (Å²) in [5, 5.41) is 1.81. The third kappa shape index (κ3) is 4.14. The number of halogens is 1. The van der Waals surface area contributed by atoms with Crippen molar-refractivity contribution >= 4 is 34.9 Å². The van der Waals surface area contributed by atoms with Crippen molar-refractivity contribution in [1.82, 2.24) is 0 Å². The zero-order valence-corrected chi connectivity index (χ0v) is 21.2. The molecule has 3 atom stereocenters. The van der Waals surface area contributed by atoms with Gasteiger partial charge in [0, 0.05) is 0 Å². The number of rotatable bonds is 5. The molecule has 0 radical (unpaired) electrons. The summed E-state index contributed by atoms with van der Waals surface area (Å²) in [6, 6.07) is 22.7. The van der Waals surface area contributed by atoms with E-state index in [1.807, 2.05) is 5.31 Å². The van der Waals surface area contributed by atoms with Gasteiger partial charge in [0.1, 0.15) is 0 Å². The van der Waals surface area contributed by atoms with Crippen molar-refractivity contribution in [2.24, 2.45) is 0 Å². The maximum absolute atomic E-state index is 2.96. The summed E-state index contributed by atoms with van der Waals surface area (Å²) in [6.07, 6.45) is 8.49. The van der Waals surface area contributed by atoms with Crippen molar-refractivity contribution in [2.75, 3.05) is 6.16 Å². The van der Waals surface area contributed by atoms with Gasteiger partial charge in [0.05, 0.1) is 0 Å². The van der Waals surface area contributed by atoms with Crippen molar-refractivity contribution in [3.8, 4) is 0 Å². The SMILES string of the molecule is CC[C@@H]1CCC[PH]1(I)/C(C)=C\P1[C@H](c2ccccc2)CC[C@H]1c1ccccc1. The van der Waals surface area contributed by atoms with Gasteiger partial charge in [-0.1, -0.05) is 0 Å². The molecule has 4 rings (SSSR count). The summed E-state index contributed by atoms with van der Waals surface area (Å²) in [4.78, 5) is -1.30. The monoisotopic (exact) mass is 522 g/mol. The molecule has 2 heterocycles. The van der Waals surface area contributed by atoms with Crippen LogP contribution in [-0.2, 0) is 0 Å². The molecule has 2 saturated heterocycles. The molecule has 0 unspecified atom stereocenters. The third-order valence-corrected chi connectivity index (χ3v) is 21.9. The summed E-state index contributed by atoms with van der Waals surface area (Å²) >= 11 is 2.96. The van der Waals surface area contributed by atoms with Gasteiger partial charge in [-0.2, -0.15) is 0 Å². The van der Waals surface area contributed by atoms with Gasteiger partial charge in [-0.05, 0) is 0 Å². The van der Waals surface area contributed by atoms with Gasteiger partial charge in [0.15, 0.2) is 0 Å². The summed E-state index contributed by atoms with van der Waals surface area (Å²) in [6.45, 7) is 4.93. The second kappa shape index (κ2) is 9.28. The first-order valence-electron chi connectivity index (χ1n) is 10.9. The topological polar surface area (TPSA) is 0 Å². The van der Waals surface area contributed by atoms with Crippen LogP contribution in [0.5, 0.6) is 0 Å². The molecule has 2 aliphatic heterocycles. The molecule has 2 aromatic carbocycles. The second-order valence-electron chi connectivity index (χ2n) is 8.55. The van der Waals surface area contributed by atoms with E-state index in [0.29, 0.717) is 0 Å². The molecular formula is C25H33IP2. The molecule has 28 heavy (non-hydrogen) atoms. The van der Waals surface area contributed by atoms with Crippen LogP contribution in [0.4, 0.5) is 0 Å². The average molecular weight is 522 g/mol. The molecule has 3 heteroatoms. The van der Waals surface area contributed by atoms with Crippen LogP contribution >= 0.6 is 34.9 Å². The van der Waals surface area contributed by atoms with Crippen LogP contribution in [0.15, 0.2) is 71.8 Å². The van der Waals surface area contributed by atoms with Crippen molar-refractivity contribution in [3.63, 3.8) is 0 Å². The molecule has 150 valence electrons. The van der Waals surface area contributed by atoms with Crippen LogP contribution in [0.25, 0.3) is 0 Å². The van der Waals surface area contributed by atoms with Crippen molar-refractivity contribution in [2.45, 2.75) is 62.9 Å². The molecule has 0 aromatic heterocycles. The fourth-order valence-corrected chi connectivity index (χ4v) is 18.1. The van der Waals surface area contributed by atoms with Gasteiger partial charge >= 0.3 is 187 Å². The normalized spacial score (nSPS) is 29.1. The predicted octanol–water partition coefficient (Wildman–Crippen LogP) is 9.28. The summed E-state index contributed by atoms with van der Waals surface area (Å²) < 4.78 is 0. The molecule has 2 aromatic rings. The van der Waals surface area contributed by atoms with Crippen molar-refractivity contribution in [3.05, 3.63) is 82.9 Å². The maximum atomic E-state index is 2.96. The molecule has 0 aliphatic carbocycles. The van der Waals surface area contributed by atoms with E-state index in [2.05, 4.69) is 102 Å². The van der Waals surface area contributed by atoms with E-state index in [0.717, 1.165) is 17.0 Å². The Morgan fingerprint density at radius 3 is 2.00 bits per heavy atom. The minimum atomic E-state index is -1.30. The summed E-state index contributed by atoms with van der Waals surface area (Å²) in [5.74, 6) is 2.84. The van der Waals surface area contributed by atoms with E-state index in [-0.39, 0.29) is 7.92 Å². The Morgan fingerprint density at radius 1 is 0.964 bits per heavy atom. The molecule has 0 N–H and O–H groups in total. The molecule has 0 bridgehead atoms. The fourth-order valence-electron chi connectivity index (χ4n) is 5.46. The first-order valence-corrected chi connectivity index (χ1v) is 17.8. The Labute approximate surface area is 186 Å². The standard InChI is InChI=1S/C25H33IP2/c1-3-23-15-10-18-28(23,26)20(2)19-27-24(21-11-6-4-7-12-21)16-17-25(27)22-13-8-5-9-14-22/h4-9,11-14,19,23-25,28H,3,10,15-18H2,1-2H3/b20-19-/t23-,24+,25+/m1/s1. The fraction of sp³-hybridized carbons (Fsp3) is 0.440. The van der Waals surface area contributed by atoms with Gasteiger partial charge in [0.25, 0.3) is 0 Å². The van der Waals surface area contributed by atoms with Gasteiger partial charge in [-0.3, -0.25) is 0 Å². The van der Waals surface area contributed by atoms with Gasteiger partial charge in [0.2, 0.25) is 0 Å². The molecule has 0 spiro atoms. The molecule has 2 aliphatic rings. The van der Waals surface area contributed by atoms with Crippen molar-refractivity contribution in [1.29, 1.82) is 0 Å². The van der Waals surface area contributed by atoms with Crippen LogP contribution < -0.4 is 0 Å². The van der Waals surface area contributed by atoms with Crippen molar-refractivity contribution < 1.29 is 0 Å². The Bertz CT molecular complexity index is 756. The Hall–Kier alpha value is -0.230. The van der Waals surface area contributed by atoms with E-state index in [4.69, 9.17) is 0 Å². The molecule has 0 saturated carbocycles. The predicted molar refractivity (Wildman–Crippen MR) is 139 cm³/mol. The van der Waals surface area contributed by atoms with Crippen LogP contribution in [0.2, 0.25) is 0 Å². The van der Waals surface area contributed by atoms with Gasteiger partial charge < -0.3 is 0 Å². The Balaban J connectivity index is 1.71. The van der Waals surface area contributed by atoms with Crippen LogP contribution in [0, 0.1) is 0 Å². The summed E-state index contributed by atoms with van der Waals surface area (Å²) in [7, 11) is -0.168. The van der Waals surface area contributed by atoms with E-state index in [1.54, 1.807) is 11.1 Å². The average Bonchev–Trinajstić information content (AvgIpc) is 3.33. The van der Waals surface area contributed by atoms with Gasteiger partial charge in [-0.15, -0.1) is 0 Å². The van der Waals surface area contributed by atoms with E-state index in [9.17, 15) is 0 Å². The van der Waals surface area contributed by atoms with Crippen LogP contribution in [0.3, 0.4) is 0 Å². The molecular weight excluding hydrogens is 489 g/mol. The minimum absolute atomic E-state index is 0.168. The molecule has 0 nitrogen and oxygen atoms in total. The number of hydrogen-bond acceptors (Lipinski definition) is 0. The summed E-state index contributed by atoms with van der Waals surface area (Å²) in [5.41, 5.74) is 5.59. The van der Waals surface area contributed by atoms with Gasteiger partial charge in [-0.25, -0.2) is 0 Å². The van der Waals surface area contributed by atoms with Crippen LogP contribution in [-0.4, -0.2) is 11.8 Å². The molecule has 0 amide bonds. The van der Waals surface area contributed by atoms with E-state index >= 15 is 0 Å². The molecule has 2 fully saturated rings. The first kappa shape index (κ1) is 21.0. The Kier molecular flexibility index (Phi) is 6.97. The number of allylic oxidation sites excluding steroid dienone is 1. The third-order valence-electron chi connectivity index (χ3n) is 7.03. The Morgan fingerprint density at radius 2 is 1.50 bits per heavy atom. The van der Waals surface area contributed by atoms with Crippen LogP contribution in [0.1, 0.15) is 68.4 Å².